The Kier molecular flexibility index (Phi) is 3.55. The zero-order valence-electron chi connectivity index (χ0n) is 9.97. The van der Waals surface area contributed by atoms with Crippen LogP contribution in [0.3, 0.4) is 0 Å². The van der Waals surface area contributed by atoms with E-state index in [0.29, 0.717) is 6.42 Å². The number of nitrogens with zero attached hydrogens (tertiary/aromatic N) is 2. The first-order valence-corrected chi connectivity index (χ1v) is 5.90. The van der Waals surface area contributed by atoms with Gasteiger partial charge >= 0.3 is 0 Å². The molecule has 1 aliphatic rings. The largest absolute Gasteiger partial charge is 0.305 e. The van der Waals surface area contributed by atoms with Gasteiger partial charge in [0.15, 0.2) is 0 Å². The Morgan fingerprint density at radius 3 is 2.76 bits per heavy atom. The van der Waals surface area contributed by atoms with Gasteiger partial charge in [0.1, 0.15) is 0 Å². The Balaban J connectivity index is 2.05. The fourth-order valence-electron chi connectivity index (χ4n) is 2.24. The van der Waals surface area contributed by atoms with Crippen LogP contribution in [0.15, 0.2) is 30.3 Å². The number of rotatable bonds is 2. The molecule has 1 aromatic carbocycles. The lowest BCUT2D eigenvalue weighted by Gasteiger charge is -2.32. The quantitative estimate of drug-likeness (QED) is 0.724. The van der Waals surface area contributed by atoms with Crippen LogP contribution in [-0.4, -0.2) is 29.3 Å². The number of hydrogen-bond acceptors (Lipinski definition) is 2. The molecular weight excluding hydrogens is 212 g/mol. The number of carbonyl (C=O) groups excluding carboxylic acids is 1. The Hall–Kier alpha value is -1.66. The summed E-state index contributed by atoms with van der Waals surface area (Å²) < 4.78 is 0. The fourth-order valence-corrected chi connectivity index (χ4v) is 2.24. The first-order chi connectivity index (χ1) is 8.22. The standard InChI is InChI=1S/C14H16N2O/c1-11-14(17)13(15-2)8-9-16(11)10-12-6-4-3-5-7-12/h3-7,11,13H,8-10H2,1H3. The summed E-state index contributed by atoms with van der Waals surface area (Å²) in [6, 6.07) is 9.58. The third-order valence-electron chi connectivity index (χ3n) is 3.36. The van der Waals surface area contributed by atoms with Crippen LogP contribution in [0.2, 0.25) is 0 Å². The molecule has 88 valence electrons. The van der Waals surface area contributed by atoms with E-state index in [-0.39, 0.29) is 11.8 Å². The van der Waals surface area contributed by atoms with E-state index in [1.165, 1.54) is 5.56 Å². The monoisotopic (exact) mass is 228 g/mol. The minimum atomic E-state index is -0.419. The van der Waals surface area contributed by atoms with Crippen LogP contribution in [0, 0.1) is 6.57 Å². The Labute approximate surface area is 102 Å². The molecule has 0 aromatic heterocycles. The highest BCUT2D eigenvalue weighted by Gasteiger charge is 2.37. The molecular formula is C14H16N2O. The van der Waals surface area contributed by atoms with Gasteiger partial charge in [-0.3, -0.25) is 9.69 Å². The average Bonchev–Trinajstić information content (AvgIpc) is 2.37. The molecule has 0 amide bonds. The molecule has 1 aliphatic heterocycles. The summed E-state index contributed by atoms with van der Waals surface area (Å²) in [6.07, 6.45) is 0.666. The normalized spacial score (nSPS) is 25.5. The van der Waals surface area contributed by atoms with Gasteiger partial charge in [-0.25, -0.2) is 6.57 Å². The molecule has 0 saturated carbocycles. The van der Waals surface area contributed by atoms with Crippen molar-refractivity contribution in [1.82, 2.24) is 4.90 Å². The molecule has 17 heavy (non-hydrogen) atoms. The van der Waals surface area contributed by atoms with Crippen molar-refractivity contribution in [1.29, 1.82) is 0 Å². The van der Waals surface area contributed by atoms with Crippen LogP contribution in [0.4, 0.5) is 0 Å². The molecule has 1 fully saturated rings. The second-order valence-electron chi connectivity index (χ2n) is 4.47. The lowest BCUT2D eigenvalue weighted by Crippen LogP contribution is -2.48. The molecule has 1 heterocycles. The number of benzene rings is 1. The molecule has 3 heteroatoms. The van der Waals surface area contributed by atoms with Crippen molar-refractivity contribution in [2.45, 2.75) is 32.0 Å². The highest BCUT2D eigenvalue weighted by Crippen LogP contribution is 2.19. The van der Waals surface area contributed by atoms with E-state index in [9.17, 15) is 4.79 Å². The average molecular weight is 228 g/mol. The van der Waals surface area contributed by atoms with E-state index < -0.39 is 6.04 Å². The smallest absolute Gasteiger partial charge is 0.283 e. The van der Waals surface area contributed by atoms with Gasteiger partial charge in [-0.2, -0.15) is 0 Å². The number of carbonyl (C=O) groups is 1. The van der Waals surface area contributed by atoms with E-state index in [1.54, 1.807) is 0 Å². The summed E-state index contributed by atoms with van der Waals surface area (Å²) in [6.45, 7) is 10.5. The van der Waals surface area contributed by atoms with E-state index in [2.05, 4.69) is 21.9 Å². The van der Waals surface area contributed by atoms with Crippen molar-refractivity contribution < 1.29 is 4.79 Å². The van der Waals surface area contributed by atoms with E-state index in [0.717, 1.165) is 13.1 Å². The minimum Gasteiger partial charge on any atom is -0.305 e. The van der Waals surface area contributed by atoms with Gasteiger partial charge < -0.3 is 4.85 Å². The molecule has 0 radical (unpaired) electrons. The molecule has 0 bridgehead atoms. The maximum Gasteiger partial charge on any atom is 0.283 e. The van der Waals surface area contributed by atoms with Gasteiger partial charge in [0.25, 0.3) is 6.04 Å². The highest BCUT2D eigenvalue weighted by atomic mass is 16.1. The van der Waals surface area contributed by atoms with Gasteiger partial charge in [-0.1, -0.05) is 30.3 Å². The molecule has 2 rings (SSSR count). The second-order valence-corrected chi connectivity index (χ2v) is 4.47. The highest BCUT2D eigenvalue weighted by molar-refractivity contribution is 5.90. The topological polar surface area (TPSA) is 24.7 Å². The molecule has 1 aromatic rings. The summed E-state index contributed by atoms with van der Waals surface area (Å²) in [5.74, 6) is 0.0715. The predicted octanol–water partition coefficient (Wildman–Crippen LogP) is 2.14. The van der Waals surface area contributed by atoms with Gasteiger partial charge in [0.05, 0.1) is 6.04 Å². The Morgan fingerprint density at radius 1 is 1.41 bits per heavy atom. The molecule has 2 atom stereocenters. The maximum absolute atomic E-state index is 11.9. The number of piperidine rings is 1. The van der Waals surface area contributed by atoms with Crippen LogP contribution in [0.25, 0.3) is 4.85 Å². The van der Waals surface area contributed by atoms with Crippen LogP contribution in [-0.2, 0) is 11.3 Å². The first kappa shape index (κ1) is 11.8. The summed E-state index contributed by atoms with van der Waals surface area (Å²) in [5.41, 5.74) is 1.22. The van der Waals surface area contributed by atoms with Crippen LogP contribution >= 0.6 is 0 Å². The van der Waals surface area contributed by atoms with E-state index >= 15 is 0 Å². The Bertz CT molecular complexity index is 435. The SMILES string of the molecule is [C-]#[N+]C1CCN(Cc2ccccc2)C(C)C1=O. The number of hydrogen-bond donors (Lipinski definition) is 0. The van der Waals surface area contributed by atoms with Gasteiger partial charge in [-0.05, 0) is 12.5 Å². The number of ketones is 1. The molecule has 0 N–H and O–H groups in total. The summed E-state index contributed by atoms with van der Waals surface area (Å²) in [7, 11) is 0. The Morgan fingerprint density at radius 2 is 2.12 bits per heavy atom. The molecule has 2 unspecified atom stereocenters. The van der Waals surface area contributed by atoms with Gasteiger partial charge in [0.2, 0.25) is 5.78 Å². The van der Waals surface area contributed by atoms with Crippen LogP contribution in [0.5, 0.6) is 0 Å². The van der Waals surface area contributed by atoms with Crippen molar-refractivity contribution in [3.8, 4) is 0 Å². The maximum atomic E-state index is 11.9. The lowest BCUT2D eigenvalue weighted by atomic mass is 9.96. The summed E-state index contributed by atoms with van der Waals surface area (Å²) >= 11 is 0. The molecule has 3 nitrogen and oxygen atoms in total. The fraction of sp³-hybridized carbons (Fsp3) is 0.429. The predicted molar refractivity (Wildman–Crippen MR) is 66.3 cm³/mol. The number of Topliss-reactive ketones (excluding diaryl/α,β-unsaturated/α-hetero) is 1. The summed E-state index contributed by atoms with van der Waals surface area (Å²) in [5, 5.41) is 0. The zero-order chi connectivity index (χ0) is 12.3. The minimum absolute atomic E-state index is 0.0715. The first-order valence-electron chi connectivity index (χ1n) is 5.90. The van der Waals surface area contributed by atoms with E-state index in [1.807, 2.05) is 25.1 Å². The zero-order valence-corrected chi connectivity index (χ0v) is 9.97. The van der Waals surface area contributed by atoms with Crippen molar-refractivity contribution in [3.63, 3.8) is 0 Å². The molecule has 1 saturated heterocycles. The van der Waals surface area contributed by atoms with Crippen molar-refractivity contribution in [2.24, 2.45) is 0 Å². The second kappa shape index (κ2) is 5.11. The van der Waals surface area contributed by atoms with Gasteiger partial charge in [-0.15, -0.1) is 0 Å². The summed E-state index contributed by atoms with van der Waals surface area (Å²) in [4.78, 5) is 17.4. The third kappa shape index (κ3) is 2.54. The van der Waals surface area contributed by atoms with Crippen LogP contribution < -0.4 is 0 Å². The lowest BCUT2D eigenvalue weighted by molar-refractivity contribution is -0.127. The van der Waals surface area contributed by atoms with Crippen molar-refractivity contribution in [3.05, 3.63) is 47.3 Å². The number of likely N-dealkylation sites (tertiary alicyclic amines) is 1. The molecule has 0 spiro atoms. The van der Waals surface area contributed by atoms with Crippen molar-refractivity contribution in [2.75, 3.05) is 6.54 Å². The molecule has 0 aliphatic carbocycles. The van der Waals surface area contributed by atoms with Crippen molar-refractivity contribution >= 4 is 5.78 Å². The van der Waals surface area contributed by atoms with Gasteiger partial charge in [0, 0.05) is 19.5 Å². The third-order valence-corrected chi connectivity index (χ3v) is 3.36. The van der Waals surface area contributed by atoms with Crippen LogP contribution in [0.1, 0.15) is 18.9 Å². The van der Waals surface area contributed by atoms with E-state index in [4.69, 9.17) is 6.57 Å².